The SMILES string of the molecule is CC(C)(C)c1ccnc(-n2c3[c-]c(Oc4[c-]c(N5[CH-]N(c6cc(C(C)(C)c7ccccc7)cc(C(C)(C)c7ccccc7)c6)c6cc(C(C)(C)C)c(C(C)(C)C)cc65)ccc4)ccc3c3cc(C(C)(C)c4ccccc4)ccc32)c1.[Pt]. The van der Waals surface area contributed by atoms with Gasteiger partial charge in [-0.25, -0.2) is 4.98 Å². The molecule has 2 aromatic heterocycles. The van der Waals surface area contributed by atoms with E-state index in [1.165, 1.54) is 50.1 Å². The van der Waals surface area contributed by atoms with E-state index in [4.69, 9.17) is 9.72 Å². The summed E-state index contributed by atoms with van der Waals surface area (Å²) in [4.78, 5) is 9.72. The predicted octanol–water partition coefficient (Wildman–Crippen LogP) is 19.8. The van der Waals surface area contributed by atoms with Crippen LogP contribution in [0.5, 0.6) is 11.5 Å². The van der Waals surface area contributed by atoms with Gasteiger partial charge in [-0.3, -0.25) is 0 Å². The van der Waals surface area contributed by atoms with Crippen LogP contribution in [0.4, 0.5) is 22.7 Å². The zero-order valence-electron chi connectivity index (χ0n) is 50.0. The fourth-order valence-electron chi connectivity index (χ4n) is 11.8. The van der Waals surface area contributed by atoms with E-state index in [-0.39, 0.29) is 53.6 Å². The fraction of sp³-hybridized carbons (Fsp3) is 0.280. The van der Waals surface area contributed by atoms with Crippen LogP contribution in [0.15, 0.2) is 188 Å². The molecule has 0 atom stereocenters. The summed E-state index contributed by atoms with van der Waals surface area (Å²) >= 11 is 0. The maximum absolute atomic E-state index is 6.92. The number of pyridine rings is 1. The van der Waals surface area contributed by atoms with Gasteiger partial charge < -0.3 is 19.1 Å². The van der Waals surface area contributed by atoms with E-state index < -0.39 is 0 Å². The first-order valence-corrected chi connectivity index (χ1v) is 28.4. The molecule has 0 saturated carbocycles. The molecule has 3 heterocycles. The maximum Gasteiger partial charge on any atom is 0.135 e. The summed E-state index contributed by atoms with van der Waals surface area (Å²) in [5.41, 5.74) is 16.4. The van der Waals surface area contributed by atoms with E-state index in [9.17, 15) is 0 Å². The van der Waals surface area contributed by atoms with Crippen molar-refractivity contribution in [2.24, 2.45) is 0 Å². The van der Waals surface area contributed by atoms with Crippen molar-refractivity contribution in [3.05, 3.63) is 257 Å². The van der Waals surface area contributed by atoms with Crippen molar-refractivity contribution in [1.29, 1.82) is 0 Å². The van der Waals surface area contributed by atoms with Crippen molar-refractivity contribution < 1.29 is 25.8 Å². The number of hydrogen-bond acceptors (Lipinski definition) is 4. The molecule has 5 nitrogen and oxygen atoms in total. The summed E-state index contributed by atoms with van der Waals surface area (Å²) in [5.74, 6) is 2.03. The first-order valence-electron chi connectivity index (χ1n) is 28.4. The van der Waals surface area contributed by atoms with Gasteiger partial charge in [0.05, 0.1) is 0 Å². The van der Waals surface area contributed by atoms with Gasteiger partial charge in [0.1, 0.15) is 5.82 Å². The molecular weight excluding hydrogens is 1170 g/mol. The van der Waals surface area contributed by atoms with Crippen LogP contribution in [0.1, 0.15) is 154 Å². The normalized spacial score (nSPS) is 13.4. The molecular formula is C75H77N4OPt-3. The largest absolute Gasteiger partial charge is 0.509 e. The zero-order valence-corrected chi connectivity index (χ0v) is 52.3. The quantitative estimate of drug-likeness (QED) is 0.121. The van der Waals surface area contributed by atoms with Crippen LogP contribution in [0, 0.1) is 18.8 Å². The predicted molar refractivity (Wildman–Crippen MR) is 336 cm³/mol. The fourth-order valence-corrected chi connectivity index (χ4v) is 11.8. The summed E-state index contributed by atoms with van der Waals surface area (Å²) in [6.45, 7) is 37.0. The molecule has 0 bridgehead atoms. The first kappa shape index (κ1) is 57.0. The molecule has 0 radical (unpaired) electrons. The Labute approximate surface area is 497 Å². The van der Waals surface area contributed by atoms with Crippen molar-refractivity contribution in [2.45, 2.75) is 136 Å². The van der Waals surface area contributed by atoms with Crippen molar-refractivity contribution >= 4 is 44.6 Å². The van der Waals surface area contributed by atoms with Gasteiger partial charge in [0, 0.05) is 77.6 Å². The monoisotopic (exact) mass is 1240 g/mol. The summed E-state index contributed by atoms with van der Waals surface area (Å²) in [6, 6.07) is 73.9. The summed E-state index contributed by atoms with van der Waals surface area (Å²) in [7, 11) is 0. The Bertz CT molecular complexity index is 3860. The van der Waals surface area contributed by atoms with E-state index in [1.54, 1.807) is 0 Å². The van der Waals surface area contributed by atoms with Gasteiger partial charge in [0.2, 0.25) is 0 Å². The Morgan fingerprint density at radius 1 is 0.407 bits per heavy atom. The molecule has 0 unspecified atom stereocenters. The third-order valence-electron chi connectivity index (χ3n) is 17.1. The van der Waals surface area contributed by atoms with Gasteiger partial charge in [0.15, 0.2) is 0 Å². The molecule has 0 fully saturated rings. The molecule has 0 spiro atoms. The number of aromatic nitrogens is 2. The molecule has 0 aliphatic carbocycles. The van der Waals surface area contributed by atoms with Crippen LogP contribution in [-0.4, -0.2) is 9.55 Å². The van der Waals surface area contributed by atoms with Gasteiger partial charge in [-0.15, -0.1) is 48.1 Å². The maximum atomic E-state index is 6.92. The van der Waals surface area contributed by atoms with Gasteiger partial charge >= 0.3 is 0 Å². The summed E-state index contributed by atoms with van der Waals surface area (Å²) < 4.78 is 9.17. The van der Waals surface area contributed by atoms with Crippen LogP contribution in [0.25, 0.3) is 27.6 Å². The van der Waals surface area contributed by atoms with E-state index in [1.807, 2.05) is 18.3 Å². The van der Waals surface area contributed by atoms with Crippen molar-refractivity contribution in [3.63, 3.8) is 0 Å². The van der Waals surface area contributed by atoms with Crippen LogP contribution < -0.4 is 14.5 Å². The molecule has 8 aromatic carbocycles. The second kappa shape index (κ2) is 21.0. The van der Waals surface area contributed by atoms with Crippen LogP contribution in [-0.2, 0) is 53.6 Å². The minimum atomic E-state index is -0.295. The van der Waals surface area contributed by atoms with Crippen LogP contribution in [0.3, 0.4) is 0 Å². The van der Waals surface area contributed by atoms with E-state index in [2.05, 4.69) is 307 Å². The smallest absolute Gasteiger partial charge is 0.135 e. The Morgan fingerprint density at radius 2 is 0.926 bits per heavy atom. The molecule has 0 saturated heterocycles. The Kier molecular flexibility index (Phi) is 14.8. The third-order valence-corrected chi connectivity index (χ3v) is 17.1. The van der Waals surface area contributed by atoms with Crippen LogP contribution in [0.2, 0.25) is 0 Å². The molecule has 10 aromatic rings. The number of fused-ring (bicyclic) bond motifs is 4. The van der Waals surface area contributed by atoms with Gasteiger partial charge in [-0.05, 0) is 114 Å². The number of ether oxygens (including phenoxy) is 1. The Hall–Kier alpha value is -7.20. The first-order chi connectivity index (χ1) is 37.8. The Balaban J connectivity index is 0.00000736. The van der Waals surface area contributed by atoms with Crippen molar-refractivity contribution in [2.75, 3.05) is 9.80 Å². The van der Waals surface area contributed by atoms with Crippen LogP contribution >= 0.6 is 0 Å². The molecule has 416 valence electrons. The number of anilines is 4. The summed E-state index contributed by atoms with van der Waals surface area (Å²) in [6.07, 6.45) is 1.93. The van der Waals surface area contributed by atoms with Gasteiger partial charge in [0.25, 0.3) is 0 Å². The summed E-state index contributed by atoms with van der Waals surface area (Å²) in [5, 5.41) is 2.22. The van der Waals surface area contributed by atoms with Gasteiger partial charge in [-0.2, -0.15) is 12.1 Å². The van der Waals surface area contributed by atoms with E-state index in [0.717, 1.165) is 50.4 Å². The van der Waals surface area contributed by atoms with Crippen molar-refractivity contribution in [1.82, 2.24) is 9.55 Å². The zero-order chi connectivity index (χ0) is 56.7. The minimum Gasteiger partial charge on any atom is -0.509 e. The average molecular weight is 1250 g/mol. The molecule has 0 N–H and O–H groups in total. The molecule has 1 aliphatic heterocycles. The van der Waals surface area contributed by atoms with Crippen molar-refractivity contribution in [3.8, 4) is 17.3 Å². The topological polar surface area (TPSA) is 33.5 Å². The second-order valence-electron chi connectivity index (χ2n) is 26.8. The number of benzene rings is 8. The molecule has 0 amide bonds. The Morgan fingerprint density at radius 3 is 1.46 bits per heavy atom. The number of hydrogen-bond donors (Lipinski definition) is 0. The molecule has 1 aliphatic rings. The van der Waals surface area contributed by atoms with E-state index >= 15 is 0 Å². The van der Waals surface area contributed by atoms with E-state index in [0.29, 0.717) is 11.5 Å². The number of rotatable bonds is 11. The minimum absolute atomic E-state index is 0. The third kappa shape index (κ3) is 10.7. The van der Waals surface area contributed by atoms with Gasteiger partial charge in [-0.1, -0.05) is 219 Å². The molecule has 11 rings (SSSR count). The number of nitrogens with zero attached hydrogens (tertiary/aromatic N) is 4. The second-order valence-corrected chi connectivity index (χ2v) is 26.8. The molecule has 81 heavy (non-hydrogen) atoms. The standard InChI is InChI=1S/C75H77N4O.Pt/c1-70(2,3)53-38-39-76-69(44-53)79-65-37-34-54(73(10,11)50-26-19-16-20-27-50)43-62(65)61-36-35-60(46-66(61)79)80-59-33-25-32-57(45-59)77-49-78(68-48-64(72(7,8)9)63(47-67(68)77)71(4,5)6)58-41-55(74(12,13)51-28-21-17-22-29-51)40-56(42-58)75(14,15)52-30-23-18-24-31-52;/h16-44,47-49H,1-15H3;/q-3;. The average Bonchev–Trinajstić information content (AvgIpc) is 4.00. The molecule has 6 heteroatoms.